The zero-order valence-corrected chi connectivity index (χ0v) is 19.5. The van der Waals surface area contributed by atoms with E-state index in [1.165, 1.54) is 6.20 Å². The number of carboxylic acid groups (broad SMARTS) is 1. The van der Waals surface area contributed by atoms with Crippen LogP contribution in [-0.2, 0) is 4.79 Å². The molecule has 1 aromatic carbocycles. The van der Waals surface area contributed by atoms with Crippen LogP contribution in [0.5, 0.6) is 5.88 Å². The molecule has 180 valence electrons. The van der Waals surface area contributed by atoms with Gasteiger partial charge in [0.15, 0.2) is 0 Å². The Morgan fingerprint density at radius 3 is 2.15 bits per heavy atom. The number of nitrogens with one attached hydrogen (secondary N) is 2. The number of pyridine rings is 1. The lowest BCUT2D eigenvalue weighted by molar-refractivity contribution is -0.143. The minimum Gasteiger partial charge on any atom is -0.481 e. The van der Waals surface area contributed by atoms with Crippen LogP contribution in [0.25, 0.3) is 0 Å². The van der Waals surface area contributed by atoms with Crippen LogP contribution in [0.4, 0.5) is 0 Å². The monoisotopic (exact) mass is 485 g/mol. The second kappa shape index (κ2) is 10.9. The first kappa shape index (κ1) is 24.0. The number of carboxylic acids is 1. The Hall–Kier alpha value is -3.13. The third-order valence-corrected chi connectivity index (χ3v) is 6.61. The normalized spacial score (nSPS) is 19.8. The van der Waals surface area contributed by atoms with Gasteiger partial charge >= 0.3 is 5.97 Å². The van der Waals surface area contributed by atoms with Gasteiger partial charge in [0.1, 0.15) is 6.10 Å². The van der Waals surface area contributed by atoms with Crippen LogP contribution in [0, 0.1) is 5.92 Å². The van der Waals surface area contributed by atoms with Gasteiger partial charge in [-0.05, 0) is 68.2 Å². The first-order valence-corrected chi connectivity index (χ1v) is 12.0. The molecule has 2 aromatic rings. The Balaban J connectivity index is 1.17. The number of carbonyl (C=O) groups is 3. The van der Waals surface area contributed by atoms with Gasteiger partial charge in [0.05, 0.1) is 11.5 Å². The van der Waals surface area contributed by atoms with E-state index in [2.05, 4.69) is 15.6 Å². The van der Waals surface area contributed by atoms with E-state index in [-0.39, 0.29) is 36.9 Å². The molecular formula is C25H28ClN3O5. The summed E-state index contributed by atoms with van der Waals surface area (Å²) in [5, 5.41) is 15.2. The van der Waals surface area contributed by atoms with Gasteiger partial charge in [-0.15, -0.1) is 0 Å². The summed E-state index contributed by atoms with van der Waals surface area (Å²) in [6.07, 6.45) is 6.19. The van der Waals surface area contributed by atoms with Crippen LogP contribution in [0.15, 0.2) is 36.5 Å². The average Bonchev–Trinajstić information content (AvgIpc) is 3.67. The standard InChI is InChI=1S/C25H28ClN3O5/c26-21-13-17(5-9-20(21)15-1-2-15)23(30)27-11-12-28-24(31)18-6-10-22(29-14-18)34-19-7-3-16(4-8-19)25(32)33/h5-6,9-10,13-16,19H,1-4,7-8,11-12H2,(H,27,30)(H,28,31)(H,32,33)/t16-,19+. The highest BCUT2D eigenvalue weighted by atomic mass is 35.5. The molecule has 2 aliphatic carbocycles. The molecule has 0 radical (unpaired) electrons. The summed E-state index contributed by atoms with van der Waals surface area (Å²) in [6.45, 7) is 0.545. The maximum atomic E-state index is 12.3. The summed E-state index contributed by atoms with van der Waals surface area (Å²) < 4.78 is 5.82. The summed E-state index contributed by atoms with van der Waals surface area (Å²) in [5.74, 6) is -0.651. The van der Waals surface area contributed by atoms with Crippen LogP contribution in [-0.4, -0.2) is 47.1 Å². The molecule has 8 nitrogen and oxygen atoms in total. The Morgan fingerprint density at radius 2 is 1.59 bits per heavy atom. The van der Waals surface area contributed by atoms with Crippen LogP contribution < -0.4 is 15.4 Å². The topological polar surface area (TPSA) is 118 Å². The number of aliphatic carboxylic acids is 1. The minimum absolute atomic E-state index is 0.0637. The fourth-order valence-electron chi connectivity index (χ4n) is 4.13. The van der Waals surface area contributed by atoms with Gasteiger partial charge in [-0.3, -0.25) is 14.4 Å². The van der Waals surface area contributed by atoms with Crippen molar-refractivity contribution in [3.63, 3.8) is 0 Å². The zero-order valence-electron chi connectivity index (χ0n) is 18.8. The van der Waals surface area contributed by atoms with Crippen LogP contribution in [0.2, 0.25) is 5.02 Å². The van der Waals surface area contributed by atoms with E-state index in [0.29, 0.717) is 53.6 Å². The third kappa shape index (κ3) is 6.26. The number of amides is 2. The highest BCUT2D eigenvalue weighted by Crippen LogP contribution is 2.43. The van der Waals surface area contributed by atoms with E-state index in [0.717, 1.165) is 18.4 Å². The highest BCUT2D eigenvalue weighted by molar-refractivity contribution is 6.31. The van der Waals surface area contributed by atoms with Crippen LogP contribution >= 0.6 is 11.6 Å². The van der Waals surface area contributed by atoms with E-state index >= 15 is 0 Å². The third-order valence-electron chi connectivity index (χ3n) is 6.29. The molecule has 2 saturated carbocycles. The molecular weight excluding hydrogens is 458 g/mol. The van der Waals surface area contributed by atoms with E-state index in [9.17, 15) is 14.4 Å². The number of hydrogen-bond acceptors (Lipinski definition) is 5. The molecule has 0 bridgehead atoms. The van der Waals surface area contributed by atoms with Gasteiger partial charge in [-0.1, -0.05) is 17.7 Å². The lowest BCUT2D eigenvalue weighted by atomic mass is 9.87. The fraction of sp³-hybridized carbons (Fsp3) is 0.440. The van der Waals surface area contributed by atoms with E-state index in [4.69, 9.17) is 21.4 Å². The molecule has 2 aliphatic rings. The lowest BCUT2D eigenvalue weighted by Crippen LogP contribution is -2.34. The van der Waals surface area contributed by atoms with Crippen molar-refractivity contribution < 1.29 is 24.2 Å². The number of aromatic nitrogens is 1. The first-order valence-electron chi connectivity index (χ1n) is 11.6. The maximum Gasteiger partial charge on any atom is 0.306 e. The number of ether oxygens (including phenoxy) is 1. The molecule has 3 N–H and O–H groups in total. The van der Waals surface area contributed by atoms with E-state index in [1.54, 1.807) is 24.3 Å². The number of benzene rings is 1. The second-order valence-corrected chi connectivity index (χ2v) is 9.24. The van der Waals surface area contributed by atoms with E-state index < -0.39 is 5.97 Å². The molecule has 1 aromatic heterocycles. The van der Waals surface area contributed by atoms with Gasteiger partial charge < -0.3 is 20.5 Å². The second-order valence-electron chi connectivity index (χ2n) is 8.84. The van der Waals surface area contributed by atoms with Crippen molar-refractivity contribution in [2.45, 2.75) is 50.5 Å². The summed E-state index contributed by atoms with van der Waals surface area (Å²) in [6, 6.07) is 8.65. The van der Waals surface area contributed by atoms with Gasteiger partial charge in [-0.25, -0.2) is 4.98 Å². The molecule has 1 heterocycles. The zero-order chi connectivity index (χ0) is 24.1. The summed E-state index contributed by atoms with van der Waals surface area (Å²) in [4.78, 5) is 39.9. The molecule has 9 heteroatoms. The van der Waals surface area contributed by atoms with Crippen molar-refractivity contribution in [2.75, 3.05) is 13.1 Å². The van der Waals surface area contributed by atoms with Crippen molar-refractivity contribution in [3.05, 3.63) is 58.2 Å². The first-order chi connectivity index (χ1) is 16.4. The smallest absolute Gasteiger partial charge is 0.306 e. The van der Waals surface area contributed by atoms with Crippen molar-refractivity contribution in [2.24, 2.45) is 5.92 Å². The van der Waals surface area contributed by atoms with Gasteiger partial charge in [0.25, 0.3) is 11.8 Å². The summed E-state index contributed by atoms with van der Waals surface area (Å²) in [5.41, 5.74) is 1.98. The van der Waals surface area contributed by atoms with Crippen molar-refractivity contribution in [1.82, 2.24) is 15.6 Å². The minimum atomic E-state index is -0.751. The van der Waals surface area contributed by atoms with Crippen LogP contribution in [0.1, 0.15) is 70.7 Å². The average molecular weight is 486 g/mol. The number of hydrogen-bond donors (Lipinski definition) is 3. The fourth-order valence-corrected chi connectivity index (χ4v) is 4.47. The molecule has 0 saturated heterocycles. The Bertz CT molecular complexity index is 1050. The molecule has 0 aliphatic heterocycles. The number of rotatable bonds is 9. The Labute approximate surface area is 203 Å². The molecule has 4 rings (SSSR count). The van der Waals surface area contributed by atoms with Crippen molar-refractivity contribution in [3.8, 4) is 5.88 Å². The van der Waals surface area contributed by atoms with Gasteiger partial charge in [0, 0.05) is 35.9 Å². The molecule has 2 amide bonds. The lowest BCUT2D eigenvalue weighted by Gasteiger charge is -2.26. The van der Waals surface area contributed by atoms with Crippen LogP contribution in [0.3, 0.4) is 0 Å². The maximum absolute atomic E-state index is 12.3. The number of nitrogens with zero attached hydrogens (tertiary/aromatic N) is 1. The van der Waals surface area contributed by atoms with Crippen molar-refractivity contribution >= 4 is 29.4 Å². The molecule has 34 heavy (non-hydrogen) atoms. The SMILES string of the molecule is O=C(NCCNC(=O)c1ccc(C2CC2)c(Cl)c1)c1ccc(O[C@H]2CC[C@@H](C(=O)O)CC2)nc1. The van der Waals surface area contributed by atoms with Gasteiger partial charge in [-0.2, -0.15) is 0 Å². The predicted octanol–water partition coefficient (Wildman–Crippen LogP) is 3.79. The number of carbonyl (C=O) groups excluding carboxylic acids is 2. The largest absolute Gasteiger partial charge is 0.481 e. The molecule has 0 unspecified atom stereocenters. The molecule has 0 spiro atoms. The number of halogens is 1. The summed E-state index contributed by atoms with van der Waals surface area (Å²) >= 11 is 6.29. The Kier molecular flexibility index (Phi) is 7.67. The van der Waals surface area contributed by atoms with Crippen molar-refractivity contribution in [1.29, 1.82) is 0 Å². The summed E-state index contributed by atoms with van der Waals surface area (Å²) in [7, 11) is 0. The molecule has 0 atom stereocenters. The van der Waals surface area contributed by atoms with Gasteiger partial charge in [0.2, 0.25) is 5.88 Å². The Morgan fingerprint density at radius 1 is 0.941 bits per heavy atom. The highest BCUT2D eigenvalue weighted by Gasteiger charge is 2.27. The predicted molar refractivity (Wildman–Crippen MR) is 126 cm³/mol. The quantitative estimate of drug-likeness (QED) is 0.465. The molecule has 2 fully saturated rings. The van der Waals surface area contributed by atoms with E-state index in [1.807, 2.05) is 6.07 Å².